The molecule has 0 bridgehead atoms. The van der Waals surface area contributed by atoms with Gasteiger partial charge < -0.3 is 14.8 Å². The zero-order chi connectivity index (χ0) is 13.4. The Balaban J connectivity index is 2.44. The van der Waals surface area contributed by atoms with Gasteiger partial charge in [0.25, 0.3) is 0 Å². The average molecular weight is 261 g/mol. The molecule has 0 amide bonds. The van der Waals surface area contributed by atoms with Gasteiger partial charge in [0.15, 0.2) is 11.5 Å². The largest absolute Gasteiger partial charge is 0.486 e. The first-order valence-electron chi connectivity index (χ1n) is 5.54. The first-order valence-corrected chi connectivity index (χ1v) is 5.54. The molecule has 0 radical (unpaired) electrons. The molecule has 100 valence electrons. The van der Waals surface area contributed by atoms with Crippen molar-refractivity contribution in [3.63, 3.8) is 0 Å². The lowest BCUT2D eigenvalue weighted by atomic mass is 9.91. The topological polar surface area (TPSA) is 30.5 Å². The lowest BCUT2D eigenvalue weighted by Gasteiger charge is -2.33. The van der Waals surface area contributed by atoms with Gasteiger partial charge in [-0.3, -0.25) is 0 Å². The minimum absolute atomic E-state index is 0.0988. The van der Waals surface area contributed by atoms with Crippen LogP contribution in [0.3, 0.4) is 0 Å². The summed E-state index contributed by atoms with van der Waals surface area (Å²) in [5.74, 6) is 0.829. The van der Waals surface area contributed by atoms with E-state index in [-0.39, 0.29) is 5.56 Å². The van der Waals surface area contributed by atoms with Crippen molar-refractivity contribution >= 4 is 0 Å². The van der Waals surface area contributed by atoms with E-state index in [1.54, 1.807) is 0 Å². The highest BCUT2D eigenvalue weighted by molar-refractivity contribution is 5.46. The fourth-order valence-corrected chi connectivity index (χ4v) is 1.80. The van der Waals surface area contributed by atoms with Gasteiger partial charge in [0, 0.05) is 0 Å². The summed E-state index contributed by atoms with van der Waals surface area (Å²) in [6, 6.07) is 4.28. The Bertz CT molecular complexity index is 447. The summed E-state index contributed by atoms with van der Waals surface area (Å²) in [6.07, 6.45) is -4.40. The summed E-state index contributed by atoms with van der Waals surface area (Å²) >= 11 is 0. The van der Waals surface area contributed by atoms with Crippen LogP contribution in [0.2, 0.25) is 0 Å². The predicted molar refractivity (Wildman–Crippen MR) is 59.9 cm³/mol. The Hall–Kier alpha value is -1.43. The van der Waals surface area contributed by atoms with Gasteiger partial charge in [-0.05, 0) is 31.7 Å². The van der Waals surface area contributed by atoms with E-state index in [1.165, 1.54) is 25.2 Å². The first-order chi connectivity index (χ1) is 8.38. The number of hydrogen-bond acceptors (Lipinski definition) is 3. The summed E-state index contributed by atoms with van der Waals surface area (Å²) in [4.78, 5) is 0. The second-order valence-corrected chi connectivity index (χ2v) is 4.23. The van der Waals surface area contributed by atoms with Crippen molar-refractivity contribution in [2.24, 2.45) is 0 Å². The summed E-state index contributed by atoms with van der Waals surface area (Å²) in [5, 5.41) is 2.32. The van der Waals surface area contributed by atoms with E-state index < -0.39 is 11.7 Å². The number of ether oxygens (including phenoxy) is 2. The highest BCUT2D eigenvalue weighted by atomic mass is 19.4. The normalized spacial score (nSPS) is 18.3. The average Bonchev–Trinajstić information content (AvgIpc) is 2.35. The summed E-state index contributed by atoms with van der Waals surface area (Å²) < 4.78 is 49.8. The molecule has 1 heterocycles. The molecule has 1 unspecified atom stereocenters. The van der Waals surface area contributed by atoms with Crippen LogP contribution in [0.4, 0.5) is 13.2 Å². The first kappa shape index (κ1) is 13.0. The van der Waals surface area contributed by atoms with Crippen LogP contribution in [-0.2, 0) is 5.54 Å². The van der Waals surface area contributed by atoms with Crippen LogP contribution >= 0.6 is 0 Å². The molecule has 0 aliphatic carbocycles. The van der Waals surface area contributed by atoms with E-state index in [0.29, 0.717) is 24.7 Å². The van der Waals surface area contributed by atoms with Crippen LogP contribution in [0.1, 0.15) is 12.5 Å². The minimum Gasteiger partial charge on any atom is -0.486 e. The highest BCUT2D eigenvalue weighted by Crippen LogP contribution is 2.41. The molecule has 0 aromatic heterocycles. The molecule has 2 rings (SSSR count). The number of rotatable bonds is 2. The van der Waals surface area contributed by atoms with Crippen LogP contribution in [0, 0.1) is 0 Å². The number of nitrogens with one attached hydrogen (secondary N) is 1. The lowest BCUT2D eigenvalue weighted by molar-refractivity contribution is -0.193. The molecule has 1 aromatic carbocycles. The maximum Gasteiger partial charge on any atom is 0.410 e. The zero-order valence-electron chi connectivity index (χ0n) is 10.1. The van der Waals surface area contributed by atoms with Gasteiger partial charge in [0.05, 0.1) is 0 Å². The van der Waals surface area contributed by atoms with Crippen LogP contribution in [0.25, 0.3) is 0 Å². The quantitative estimate of drug-likeness (QED) is 0.887. The Morgan fingerprint density at radius 2 is 1.72 bits per heavy atom. The predicted octanol–water partition coefficient (Wildman–Crippen LogP) is 2.45. The van der Waals surface area contributed by atoms with E-state index in [9.17, 15) is 13.2 Å². The molecule has 0 saturated heterocycles. The Kier molecular flexibility index (Phi) is 3.14. The van der Waals surface area contributed by atoms with Crippen molar-refractivity contribution < 1.29 is 22.6 Å². The molecule has 1 aliphatic rings. The van der Waals surface area contributed by atoms with Gasteiger partial charge in [-0.25, -0.2) is 0 Å². The Morgan fingerprint density at radius 3 is 2.28 bits per heavy atom. The summed E-state index contributed by atoms with van der Waals surface area (Å²) in [5.41, 5.74) is -2.01. The third-order valence-electron chi connectivity index (χ3n) is 3.19. The van der Waals surface area contributed by atoms with Crippen LogP contribution in [0.5, 0.6) is 11.5 Å². The molecule has 6 heteroatoms. The number of benzene rings is 1. The molecular weight excluding hydrogens is 247 g/mol. The number of alkyl halides is 3. The van der Waals surface area contributed by atoms with Gasteiger partial charge in [-0.15, -0.1) is 0 Å². The van der Waals surface area contributed by atoms with Crippen molar-refractivity contribution in [2.75, 3.05) is 20.3 Å². The van der Waals surface area contributed by atoms with E-state index in [1.807, 2.05) is 0 Å². The molecule has 1 aromatic rings. The summed E-state index contributed by atoms with van der Waals surface area (Å²) in [7, 11) is 1.28. The molecule has 1 atom stereocenters. The van der Waals surface area contributed by atoms with Crippen LogP contribution in [-0.4, -0.2) is 26.4 Å². The van der Waals surface area contributed by atoms with Gasteiger partial charge >= 0.3 is 6.18 Å². The van der Waals surface area contributed by atoms with Crippen molar-refractivity contribution in [3.05, 3.63) is 23.8 Å². The van der Waals surface area contributed by atoms with Crippen molar-refractivity contribution in [1.82, 2.24) is 5.32 Å². The summed E-state index contributed by atoms with van der Waals surface area (Å²) in [6.45, 7) is 1.85. The number of fused-ring (bicyclic) bond motifs is 1. The van der Waals surface area contributed by atoms with Gasteiger partial charge in [-0.1, -0.05) is 6.07 Å². The van der Waals surface area contributed by atoms with E-state index in [2.05, 4.69) is 5.32 Å². The number of hydrogen-bond donors (Lipinski definition) is 1. The monoisotopic (exact) mass is 261 g/mol. The maximum atomic E-state index is 13.1. The van der Waals surface area contributed by atoms with E-state index in [0.717, 1.165) is 6.92 Å². The molecule has 3 nitrogen and oxygen atoms in total. The second kappa shape index (κ2) is 4.35. The van der Waals surface area contributed by atoms with E-state index in [4.69, 9.17) is 9.47 Å². The molecule has 1 N–H and O–H groups in total. The molecule has 0 spiro atoms. The third kappa shape index (κ3) is 2.01. The third-order valence-corrected chi connectivity index (χ3v) is 3.19. The van der Waals surface area contributed by atoms with Crippen LogP contribution in [0.15, 0.2) is 18.2 Å². The second-order valence-electron chi connectivity index (χ2n) is 4.23. The van der Waals surface area contributed by atoms with Gasteiger partial charge in [0.2, 0.25) is 0 Å². The van der Waals surface area contributed by atoms with Gasteiger partial charge in [0.1, 0.15) is 18.8 Å². The molecule has 18 heavy (non-hydrogen) atoms. The maximum absolute atomic E-state index is 13.1. The highest BCUT2D eigenvalue weighted by Gasteiger charge is 2.51. The van der Waals surface area contributed by atoms with Crippen molar-refractivity contribution in [1.29, 1.82) is 0 Å². The lowest BCUT2D eigenvalue weighted by Crippen LogP contribution is -2.49. The van der Waals surface area contributed by atoms with Gasteiger partial charge in [-0.2, -0.15) is 13.2 Å². The minimum atomic E-state index is -4.40. The SMILES string of the molecule is CNC(C)(c1ccc2c(c1)OCCO2)C(F)(F)F. The van der Waals surface area contributed by atoms with E-state index >= 15 is 0 Å². The number of halogens is 3. The standard InChI is InChI=1S/C12H14F3NO2/c1-11(16-2,12(13,14)15)8-3-4-9-10(7-8)18-6-5-17-9/h3-4,7,16H,5-6H2,1-2H3. The van der Waals surface area contributed by atoms with Crippen molar-refractivity contribution in [2.45, 2.75) is 18.6 Å². The smallest absolute Gasteiger partial charge is 0.410 e. The molecule has 1 aliphatic heterocycles. The molecule has 0 fully saturated rings. The Morgan fingerprint density at radius 1 is 1.11 bits per heavy atom. The fourth-order valence-electron chi connectivity index (χ4n) is 1.80. The Labute approximate surface area is 103 Å². The zero-order valence-corrected chi connectivity index (χ0v) is 10.1. The molecular formula is C12H14F3NO2. The van der Waals surface area contributed by atoms with Crippen LogP contribution < -0.4 is 14.8 Å². The fraction of sp³-hybridized carbons (Fsp3) is 0.500. The molecule has 0 saturated carbocycles. The van der Waals surface area contributed by atoms with Crippen molar-refractivity contribution in [3.8, 4) is 11.5 Å².